The van der Waals surface area contributed by atoms with Crippen molar-refractivity contribution in [3.63, 3.8) is 0 Å². The molecule has 0 saturated carbocycles. The smallest absolute Gasteiger partial charge is 0.204 e. The number of hydrogen-bond acceptors (Lipinski definition) is 4. The second-order valence-electron chi connectivity index (χ2n) is 27.9. The molecule has 4 heteroatoms. The topological polar surface area (TPSA) is 44.8 Å². The van der Waals surface area contributed by atoms with Gasteiger partial charge in [-0.25, -0.2) is 0 Å². The Kier molecular flexibility index (Phi) is 39.7. The zero-order chi connectivity index (χ0) is 56.8. The van der Waals surface area contributed by atoms with Gasteiger partial charge in [0.05, 0.1) is 25.4 Å². The van der Waals surface area contributed by atoms with Crippen LogP contribution in [0.4, 0.5) is 0 Å². The summed E-state index contributed by atoms with van der Waals surface area (Å²) in [4.78, 5) is 14.4. The maximum Gasteiger partial charge on any atom is 0.204 e. The molecule has 0 spiro atoms. The molecule has 0 fully saturated rings. The second-order valence-corrected chi connectivity index (χ2v) is 27.9. The predicted octanol–water partition coefficient (Wildman–Crippen LogP) is 23.4. The first-order valence-corrected chi connectivity index (χ1v) is 33.5. The Morgan fingerprint density at radius 1 is 0.299 bits per heavy atom. The van der Waals surface area contributed by atoms with Crippen molar-refractivity contribution < 1.29 is 19.0 Å². The number of carbonyl (C=O) groups is 1. The Bertz CT molecular complexity index is 1700. The van der Waals surface area contributed by atoms with Crippen LogP contribution in [-0.2, 0) is 0 Å². The van der Waals surface area contributed by atoms with Crippen LogP contribution in [-0.4, -0.2) is 25.6 Å². The highest BCUT2D eigenvalue weighted by Crippen LogP contribution is 2.42. The first-order chi connectivity index (χ1) is 36.8. The van der Waals surface area contributed by atoms with E-state index in [1.165, 1.54) is 173 Å². The third kappa shape index (κ3) is 35.8. The van der Waals surface area contributed by atoms with Crippen LogP contribution in [0.3, 0.4) is 0 Å². The molecular formula is C73H130O4. The quantitative estimate of drug-likeness (QED) is 0.0620. The molecule has 0 aliphatic heterocycles. The second kappa shape index (κ2) is 43.3. The number of benzene rings is 2. The highest BCUT2D eigenvalue weighted by molar-refractivity contribution is 6.11. The summed E-state index contributed by atoms with van der Waals surface area (Å²) in [5.74, 6) is 10.9. The van der Waals surface area contributed by atoms with E-state index in [0.29, 0.717) is 65.9 Å². The normalized spacial score (nSPS) is 15.6. The average molecular weight is 1070 g/mol. The standard InChI is InChI=1S/C73H130O4/c1-56(2)28-19-31-59(7)34-22-37-62(10)40-25-43-65(13)50-53-75-70-49-48-69(71(74)68-46-17-16-18-47-68)72(76-54-51-66(14)44-26-41-63(11)38-23-35-60(8)32-20-29-57(3)4)73(70)77-55-52-67(15)45-27-42-64(12)39-24-36-61(9)33-21-30-58(5)6/h16-18,46-49,56-67H,19-45,50-55H2,1-15H3. The van der Waals surface area contributed by atoms with Gasteiger partial charge in [-0.15, -0.1) is 0 Å². The SMILES string of the molecule is CC(C)CCCC(C)CCCC(C)CCCC(C)CCOc1ccc(C(=O)c2ccccc2)c(OCCC(C)CCCC(C)CCCC(C)CCCC(C)C)c1OCCC(C)CCCC(C)CCCC(C)CCCC(C)C. The molecule has 2 rings (SSSR count). The van der Waals surface area contributed by atoms with Crippen molar-refractivity contribution >= 4 is 5.78 Å². The summed E-state index contributed by atoms with van der Waals surface area (Å²) < 4.78 is 20.4. The van der Waals surface area contributed by atoms with Crippen molar-refractivity contribution in [3.8, 4) is 17.2 Å². The van der Waals surface area contributed by atoms with Crippen molar-refractivity contribution in [1.29, 1.82) is 0 Å². The van der Waals surface area contributed by atoms with Gasteiger partial charge >= 0.3 is 0 Å². The summed E-state index contributed by atoms with van der Waals surface area (Å²) in [6.07, 6.45) is 38.9. The molecule has 0 amide bonds. The van der Waals surface area contributed by atoms with Crippen molar-refractivity contribution in [2.45, 2.75) is 296 Å². The van der Waals surface area contributed by atoms with E-state index in [0.717, 1.165) is 72.5 Å². The molecule has 2 aromatic carbocycles. The monoisotopic (exact) mass is 1070 g/mol. The van der Waals surface area contributed by atoms with E-state index in [1.54, 1.807) is 0 Å². The zero-order valence-corrected chi connectivity index (χ0v) is 53.9. The molecule has 9 unspecified atom stereocenters. The summed E-state index contributed by atoms with van der Waals surface area (Å²) >= 11 is 0. The van der Waals surface area contributed by atoms with Crippen LogP contribution in [0.25, 0.3) is 0 Å². The molecule has 0 radical (unpaired) electrons. The largest absolute Gasteiger partial charge is 0.490 e. The Balaban J connectivity index is 2.10. The van der Waals surface area contributed by atoms with Gasteiger partial charge in [0, 0.05) is 5.56 Å². The molecule has 0 heterocycles. The number of ketones is 1. The van der Waals surface area contributed by atoms with Crippen LogP contribution in [0.5, 0.6) is 17.2 Å². The van der Waals surface area contributed by atoms with Gasteiger partial charge in [-0.3, -0.25) is 4.79 Å². The minimum absolute atomic E-state index is 0.0361. The lowest BCUT2D eigenvalue weighted by Crippen LogP contribution is -2.13. The van der Waals surface area contributed by atoms with Gasteiger partial charge in [-0.05, 0) is 102 Å². The summed E-state index contributed by atoms with van der Waals surface area (Å²) in [6, 6.07) is 13.6. The van der Waals surface area contributed by atoms with E-state index >= 15 is 0 Å². The molecule has 0 N–H and O–H groups in total. The van der Waals surface area contributed by atoms with Gasteiger partial charge in [0.2, 0.25) is 5.75 Å². The van der Waals surface area contributed by atoms with E-state index < -0.39 is 0 Å². The third-order valence-electron chi connectivity index (χ3n) is 17.7. The van der Waals surface area contributed by atoms with Gasteiger partial charge in [-0.2, -0.15) is 0 Å². The number of rotatable bonds is 50. The number of hydrogen-bond donors (Lipinski definition) is 0. The summed E-state index contributed by atoms with van der Waals surface area (Å²) in [5.41, 5.74) is 1.22. The fourth-order valence-corrected chi connectivity index (χ4v) is 11.8. The van der Waals surface area contributed by atoms with Crippen LogP contribution in [0.15, 0.2) is 42.5 Å². The van der Waals surface area contributed by atoms with Crippen LogP contribution in [0.2, 0.25) is 0 Å². The molecule has 0 aliphatic rings. The van der Waals surface area contributed by atoms with Crippen LogP contribution < -0.4 is 14.2 Å². The lowest BCUT2D eigenvalue weighted by Gasteiger charge is -2.22. The molecule has 9 atom stereocenters. The van der Waals surface area contributed by atoms with Crippen molar-refractivity contribution in [1.82, 2.24) is 0 Å². The fraction of sp³-hybridized carbons (Fsp3) is 0.822. The van der Waals surface area contributed by atoms with Gasteiger partial charge in [0.1, 0.15) is 0 Å². The van der Waals surface area contributed by atoms with Gasteiger partial charge in [0.15, 0.2) is 17.3 Å². The van der Waals surface area contributed by atoms with E-state index in [9.17, 15) is 4.79 Å². The van der Waals surface area contributed by atoms with Gasteiger partial charge in [0.25, 0.3) is 0 Å². The Hall–Kier alpha value is -2.49. The molecular weight excluding hydrogens is 941 g/mol. The van der Waals surface area contributed by atoms with Crippen LogP contribution in [0, 0.1) is 71.0 Å². The van der Waals surface area contributed by atoms with Gasteiger partial charge < -0.3 is 14.2 Å². The molecule has 446 valence electrons. The molecule has 0 aliphatic carbocycles. The molecule has 0 saturated heterocycles. The summed E-state index contributed by atoms with van der Waals surface area (Å²) in [6.45, 7) is 37.7. The highest BCUT2D eigenvalue weighted by Gasteiger charge is 2.25. The Labute approximate surface area is 480 Å². The van der Waals surface area contributed by atoms with Crippen molar-refractivity contribution in [2.75, 3.05) is 19.8 Å². The minimum atomic E-state index is -0.0361. The fourth-order valence-electron chi connectivity index (χ4n) is 11.8. The highest BCUT2D eigenvalue weighted by atomic mass is 16.5. The van der Waals surface area contributed by atoms with E-state index in [-0.39, 0.29) is 5.78 Å². The predicted molar refractivity (Wildman–Crippen MR) is 338 cm³/mol. The van der Waals surface area contributed by atoms with Crippen LogP contribution in [0.1, 0.15) is 312 Å². The van der Waals surface area contributed by atoms with Gasteiger partial charge in [-0.1, -0.05) is 308 Å². The number of carbonyl (C=O) groups excluding carboxylic acids is 1. The maximum absolute atomic E-state index is 14.4. The minimum Gasteiger partial charge on any atom is -0.490 e. The first-order valence-electron chi connectivity index (χ1n) is 33.5. The lowest BCUT2D eigenvalue weighted by molar-refractivity contribution is 0.103. The lowest BCUT2D eigenvalue weighted by atomic mass is 9.91. The molecule has 4 nitrogen and oxygen atoms in total. The summed E-state index contributed by atoms with van der Waals surface area (Å²) in [5, 5.41) is 0. The van der Waals surface area contributed by atoms with E-state index in [4.69, 9.17) is 14.2 Å². The third-order valence-corrected chi connectivity index (χ3v) is 17.7. The molecule has 0 aromatic heterocycles. The Morgan fingerprint density at radius 3 is 0.857 bits per heavy atom. The van der Waals surface area contributed by atoms with Crippen LogP contribution >= 0.6 is 0 Å². The molecule has 77 heavy (non-hydrogen) atoms. The first kappa shape index (κ1) is 70.6. The van der Waals surface area contributed by atoms with Crippen molar-refractivity contribution in [3.05, 3.63) is 53.6 Å². The summed E-state index contributed by atoms with van der Waals surface area (Å²) in [7, 11) is 0. The molecule has 2 aromatic rings. The van der Waals surface area contributed by atoms with E-state index in [2.05, 4.69) is 104 Å². The maximum atomic E-state index is 14.4. The average Bonchev–Trinajstić information content (AvgIpc) is 3.37. The number of ether oxygens (including phenoxy) is 3. The zero-order valence-electron chi connectivity index (χ0n) is 53.9. The van der Waals surface area contributed by atoms with Crippen molar-refractivity contribution in [2.24, 2.45) is 71.0 Å². The molecule has 0 bridgehead atoms. The van der Waals surface area contributed by atoms with E-state index in [1.807, 2.05) is 42.5 Å². The Morgan fingerprint density at radius 2 is 0.558 bits per heavy atom.